The van der Waals surface area contributed by atoms with Gasteiger partial charge < -0.3 is 10.5 Å². The Morgan fingerprint density at radius 2 is 1.81 bits per heavy atom. The summed E-state index contributed by atoms with van der Waals surface area (Å²) in [5, 5.41) is 0.713. The van der Waals surface area contributed by atoms with E-state index in [-0.39, 0.29) is 6.04 Å². The van der Waals surface area contributed by atoms with Crippen LogP contribution in [0, 0.1) is 0 Å². The lowest BCUT2D eigenvalue weighted by atomic mass is 10.0. The molecule has 3 heteroatoms. The lowest BCUT2D eigenvalue weighted by molar-refractivity contribution is 0.287. The third-order valence-corrected chi connectivity index (χ3v) is 4.19. The minimum absolute atomic E-state index is 0.000121. The van der Waals surface area contributed by atoms with Crippen LogP contribution in [0.1, 0.15) is 23.1 Å². The van der Waals surface area contributed by atoms with Crippen LogP contribution >= 0.6 is 11.6 Å². The molecule has 2 nitrogen and oxygen atoms in total. The van der Waals surface area contributed by atoms with Crippen molar-refractivity contribution < 1.29 is 4.74 Å². The van der Waals surface area contributed by atoms with Crippen LogP contribution in [-0.2, 0) is 19.3 Å². The second kappa shape index (κ2) is 6.50. The molecule has 1 aliphatic carbocycles. The van der Waals surface area contributed by atoms with Gasteiger partial charge in [-0.2, -0.15) is 0 Å². The summed E-state index contributed by atoms with van der Waals surface area (Å²) in [6.45, 7) is 0.513. The summed E-state index contributed by atoms with van der Waals surface area (Å²) >= 11 is 5.85. The molecule has 1 unspecified atom stereocenters. The van der Waals surface area contributed by atoms with Crippen molar-refractivity contribution in [3.63, 3.8) is 0 Å². The highest BCUT2D eigenvalue weighted by Crippen LogP contribution is 2.23. The summed E-state index contributed by atoms with van der Waals surface area (Å²) in [5.41, 5.74) is 10.5. The Kier molecular flexibility index (Phi) is 4.47. The number of rotatable bonds is 5. The van der Waals surface area contributed by atoms with Crippen LogP contribution in [0.5, 0.6) is 5.75 Å². The normalized spacial score (nSPS) is 14.8. The quantitative estimate of drug-likeness (QED) is 0.912. The molecule has 0 amide bonds. The highest BCUT2D eigenvalue weighted by atomic mass is 35.5. The monoisotopic (exact) mass is 301 g/mol. The van der Waals surface area contributed by atoms with Gasteiger partial charge in [0.15, 0.2) is 0 Å². The summed E-state index contributed by atoms with van der Waals surface area (Å²) in [6, 6.07) is 14.1. The van der Waals surface area contributed by atoms with Crippen molar-refractivity contribution in [1.29, 1.82) is 0 Å². The summed E-state index contributed by atoms with van der Waals surface area (Å²) in [4.78, 5) is 0. The first-order valence-electron chi connectivity index (χ1n) is 7.45. The molecule has 1 atom stereocenters. The molecule has 0 fully saturated rings. The number of fused-ring (bicyclic) bond motifs is 1. The molecule has 0 aliphatic heterocycles. The van der Waals surface area contributed by atoms with Gasteiger partial charge in [-0.25, -0.2) is 0 Å². The molecule has 0 aromatic heterocycles. The third-order valence-electron chi connectivity index (χ3n) is 3.94. The largest absolute Gasteiger partial charge is 0.492 e. The van der Waals surface area contributed by atoms with Gasteiger partial charge in [0, 0.05) is 11.1 Å². The highest BCUT2D eigenvalue weighted by molar-refractivity contribution is 6.30. The number of hydrogen-bond acceptors (Lipinski definition) is 2. The summed E-state index contributed by atoms with van der Waals surface area (Å²) < 4.78 is 5.70. The molecule has 3 rings (SSSR count). The first kappa shape index (κ1) is 14.4. The Hall–Kier alpha value is -1.51. The van der Waals surface area contributed by atoms with Gasteiger partial charge in [-0.15, -0.1) is 0 Å². The zero-order valence-electron chi connectivity index (χ0n) is 12.0. The van der Waals surface area contributed by atoms with Crippen molar-refractivity contribution in [2.45, 2.75) is 31.7 Å². The van der Waals surface area contributed by atoms with Gasteiger partial charge in [-0.05, 0) is 66.6 Å². The van der Waals surface area contributed by atoms with E-state index < -0.39 is 0 Å². The Morgan fingerprint density at radius 3 is 2.62 bits per heavy atom. The van der Waals surface area contributed by atoms with Crippen LogP contribution in [0.25, 0.3) is 0 Å². The molecule has 0 heterocycles. The second-order valence-electron chi connectivity index (χ2n) is 5.69. The van der Waals surface area contributed by atoms with E-state index in [1.807, 2.05) is 24.3 Å². The number of aryl methyl sites for hydroxylation is 2. The predicted octanol–water partition coefficient (Wildman–Crippen LogP) is 3.78. The van der Waals surface area contributed by atoms with Crippen LogP contribution in [0.2, 0.25) is 5.02 Å². The summed E-state index contributed by atoms with van der Waals surface area (Å²) in [6.07, 6.45) is 4.56. The molecule has 110 valence electrons. The number of hydrogen-bond donors (Lipinski definition) is 1. The fraction of sp³-hybridized carbons (Fsp3) is 0.333. The van der Waals surface area contributed by atoms with E-state index in [2.05, 4.69) is 18.2 Å². The smallest absolute Gasteiger partial charge is 0.119 e. The van der Waals surface area contributed by atoms with Gasteiger partial charge in [0.25, 0.3) is 0 Å². The van der Waals surface area contributed by atoms with Crippen molar-refractivity contribution in [3.05, 3.63) is 64.2 Å². The van der Waals surface area contributed by atoms with Crippen LogP contribution in [0.4, 0.5) is 0 Å². The number of nitrogens with two attached hydrogens (primary N) is 1. The maximum atomic E-state index is 6.18. The van der Waals surface area contributed by atoms with Gasteiger partial charge in [-0.3, -0.25) is 0 Å². The standard InChI is InChI=1S/C18H20ClNO/c19-16-6-8-18(9-7-16)21-12-17(20)11-13-4-5-14-2-1-3-15(14)10-13/h4-10,17H,1-3,11-12,20H2. The molecule has 0 radical (unpaired) electrons. The van der Waals surface area contributed by atoms with Gasteiger partial charge in [0.1, 0.15) is 12.4 Å². The Bertz CT molecular complexity index is 609. The molecule has 2 N–H and O–H groups in total. The van der Waals surface area contributed by atoms with Crippen molar-refractivity contribution in [3.8, 4) is 5.75 Å². The van der Waals surface area contributed by atoms with E-state index in [1.165, 1.54) is 36.0 Å². The van der Waals surface area contributed by atoms with E-state index >= 15 is 0 Å². The van der Waals surface area contributed by atoms with E-state index in [0.29, 0.717) is 11.6 Å². The van der Waals surface area contributed by atoms with Crippen LogP contribution in [0.3, 0.4) is 0 Å². The lowest BCUT2D eigenvalue weighted by Crippen LogP contribution is -2.30. The molecule has 2 aromatic rings. The summed E-state index contributed by atoms with van der Waals surface area (Å²) in [7, 11) is 0. The molecule has 0 spiro atoms. The lowest BCUT2D eigenvalue weighted by Gasteiger charge is -2.14. The van der Waals surface area contributed by atoms with Gasteiger partial charge in [0.2, 0.25) is 0 Å². The average molecular weight is 302 g/mol. The zero-order valence-corrected chi connectivity index (χ0v) is 12.8. The van der Waals surface area contributed by atoms with Crippen LogP contribution in [0.15, 0.2) is 42.5 Å². The Balaban J connectivity index is 1.54. The maximum Gasteiger partial charge on any atom is 0.119 e. The topological polar surface area (TPSA) is 35.2 Å². The molecule has 1 aliphatic rings. The Morgan fingerprint density at radius 1 is 1.05 bits per heavy atom. The van der Waals surface area contributed by atoms with Crippen molar-refractivity contribution >= 4 is 11.6 Å². The average Bonchev–Trinajstić information content (AvgIpc) is 2.94. The molecule has 0 saturated carbocycles. The van der Waals surface area contributed by atoms with E-state index in [0.717, 1.165) is 12.2 Å². The minimum atomic E-state index is 0.000121. The maximum absolute atomic E-state index is 6.18. The SMILES string of the molecule is NC(COc1ccc(Cl)cc1)Cc1ccc2c(c1)CCC2. The molecule has 0 saturated heterocycles. The van der Waals surface area contributed by atoms with Crippen molar-refractivity contribution in [2.24, 2.45) is 5.73 Å². The van der Waals surface area contributed by atoms with Gasteiger partial charge >= 0.3 is 0 Å². The number of halogens is 1. The Labute approximate surface area is 130 Å². The number of benzene rings is 2. The van der Waals surface area contributed by atoms with Crippen molar-refractivity contribution in [2.75, 3.05) is 6.61 Å². The first-order valence-corrected chi connectivity index (χ1v) is 7.83. The first-order chi connectivity index (χ1) is 10.2. The third kappa shape index (κ3) is 3.78. The fourth-order valence-corrected chi connectivity index (χ4v) is 2.97. The highest BCUT2D eigenvalue weighted by Gasteiger charge is 2.12. The molecule has 0 bridgehead atoms. The second-order valence-corrected chi connectivity index (χ2v) is 6.12. The van der Waals surface area contributed by atoms with E-state index in [4.69, 9.17) is 22.1 Å². The van der Waals surface area contributed by atoms with Crippen molar-refractivity contribution in [1.82, 2.24) is 0 Å². The van der Waals surface area contributed by atoms with Crippen LogP contribution < -0.4 is 10.5 Å². The molecular weight excluding hydrogens is 282 g/mol. The van der Waals surface area contributed by atoms with Gasteiger partial charge in [-0.1, -0.05) is 29.8 Å². The van der Waals surface area contributed by atoms with Gasteiger partial charge in [0.05, 0.1) is 0 Å². The fourth-order valence-electron chi connectivity index (χ4n) is 2.85. The van der Waals surface area contributed by atoms with E-state index in [9.17, 15) is 0 Å². The molecular formula is C18H20ClNO. The zero-order chi connectivity index (χ0) is 14.7. The van der Waals surface area contributed by atoms with Crippen LogP contribution in [-0.4, -0.2) is 12.6 Å². The predicted molar refractivity (Wildman–Crippen MR) is 87.1 cm³/mol. The van der Waals surface area contributed by atoms with E-state index in [1.54, 1.807) is 0 Å². The molecule has 21 heavy (non-hydrogen) atoms. The minimum Gasteiger partial charge on any atom is -0.492 e. The summed E-state index contributed by atoms with van der Waals surface area (Å²) in [5.74, 6) is 0.809. The number of ether oxygens (including phenoxy) is 1. The molecule has 2 aromatic carbocycles.